The normalized spacial score (nSPS) is 25.4. The van der Waals surface area contributed by atoms with Gasteiger partial charge in [0.1, 0.15) is 0 Å². The van der Waals surface area contributed by atoms with Crippen molar-refractivity contribution in [3.63, 3.8) is 0 Å². The molecule has 0 saturated carbocycles. The number of rotatable bonds is 1. The number of likely N-dealkylation sites (N-methyl/N-ethyl adjacent to an activating group) is 1. The van der Waals surface area contributed by atoms with Crippen LogP contribution in [0.5, 0.6) is 0 Å². The number of hydrogen-bond acceptors (Lipinski definition) is 2. The fourth-order valence-electron chi connectivity index (χ4n) is 2.14. The fraction of sp³-hybridized carbons (Fsp3) is 0.417. The number of nitrogens with one attached hydrogen (secondary N) is 1. The van der Waals surface area contributed by atoms with Gasteiger partial charge in [0.05, 0.1) is 0 Å². The minimum absolute atomic E-state index is 0.00656. The van der Waals surface area contributed by atoms with Crippen LogP contribution in [0.15, 0.2) is 24.3 Å². The van der Waals surface area contributed by atoms with E-state index < -0.39 is 0 Å². The van der Waals surface area contributed by atoms with Crippen LogP contribution < -0.4 is 11.1 Å². The number of carbonyl (C=O) groups excluding carboxylic acids is 1. The summed E-state index contributed by atoms with van der Waals surface area (Å²) < 4.78 is 0. The molecule has 2 rings (SSSR count). The summed E-state index contributed by atoms with van der Waals surface area (Å²) in [7, 11) is 1.81. The Morgan fingerprint density at radius 3 is 2.56 bits per heavy atom. The average molecular weight is 219 g/mol. The molecule has 1 unspecified atom stereocenters. The number of anilines is 1. The summed E-state index contributed by atoms with van der Waals surface area (Å²) in [5, 5.41) is 2.89. The van der Waals surface area contributed by atoms with Crippen LogP contribution in [0.1, 0.15) is 12.5 Å². The van der Waals surface area contributed by atoms with Crippen molar-refractivity contribution in [2.24, 2.45) is 0 Å². The van der Waals surface area contributed by atoms with Crippen molar-refractivity contribution in [3.8, 4) is 0 Å². The van der Waals surface area contributed by atoms with E-state index in [-0.39, 0.29) is 11.4 Å². The molecular formula is C12H17N3O. The first kappa shape index (κ1) is 10.8. The Labute approximate surface area is 95.4 Å². The highest BCUT2D eigenvalue weighted by atomic mass is 16.2. The fourth-order valence-corrected chi connectivity index (χ4v) is 2.14. The Kier molecular flexibility index (Phi) is 2.50. The number of carbonyl (C=O) groups is 1. The molecule has 16 heavy (non-hydrogen) atoms. The lowest BCUT2D eigenvalue weighted by atomic mass is 9.81. The highest BCUT2D eigenvalue weighted by Crippen LogP contribution is 2.27. The van der Waals surface area contributed by atoms with Gasteiger partial charge in [0.2, 0.25) is 0 Å². The average Bonchev–Trinajstić information content (AvgIpc) is 2.25. The Balaban J connectivity index is 2.25. The number of amides is 2. The van der Waals surface area contributed by atoms with Gasteiger partial charge in [-0.05, 0) is 17.7 Å². The van der Waals surface area contributed by atoms with E-state index in [9.17, 15) is 4.79 Å². The van der Waals surface area contributed by atoms with Crippen LogP contribution in [0.3, 0.4) is 0 Å². The first-order valence-corrected chi connectivity index (χ1v) is 5.36. The molecule has 0 spiro atoms. The van der Waals surface area contributed by atoms with E-state index in [1.54, 1.807) is 4.90 Å². The zero-order valence-electron chi connectivity index (χ0n) is 9.66. The summed E-state index contributed by atoms with van der Waals surface area (Å²) in [4.78, 5) is 13.1. The van der Waals surface area contributed by atoms with Crippen LogP contribution in [0.4, 0.5) is 10.5 Å². The van der Waals surface area contributed by atoms with Crippen molar-refractivity contribution in [2.45, 2.75) is 12.3 Å². The molecule has 1 aromatic carbocycles. The minimum Gasteiger partial charge on any atom is -0.399 e. The third-order valence-electron chi connectivity index (χ3n) is 3.17. The monoisotopic (exact) mass is 219 g/mol. The molecule has 1 heterocycles. The summed E-state index contributed by atoms with van der Waals surface area (Å²) in [6.45, 7) is 3.54. The van der Waals surface area contributed by atoms with Gasteiger partial charge in [0.25, 0.3) is 0 Å². The van der Waals surface area contributed by atoms with Gasteiger partial charge >= 0.3 is 6.03 Å². The van der Waals surface area contributed by atoms with Gasteiger partial charge in [-0.2, -0.15) is 0 Å². The lowest BCUT2D eigenvalue weighted by molar-refractivity contribution is 0.174. The maximum atomic E-state index is 11.4. The second-order valence-electron chi connectivity index (χ2n) is 4.70. The maximum absolute atomic E-state index is 11.4. The van der Waals surface area contributed by atoms with E-state index in [1.807, 2.05) is 31.3 Å². The predicted molar refractivity (Wildman–Crippen MR) is 64.2 cm³/mol. The molecule has 0 aromatic heterocycles. The highest BCUT2D eigenvalue weighted by Gasteiger charge is 2.34. The van der Waals surface area contributed by atoms with E-state index in [1.165, 1.54) is 5.56 Å². The number of nitrogen functional groups attached to an aromatic ring is 1. The second kappa shape index (κ2) is 3.70. The van der Waals surface area contributed by atoms with E-state index in [2.05, 4.69) is 12.2 Å². The summed E-state index contributed by atoms with van der Waals surface area (Å²) in [5.41, 5.74) is 7.59. The first-order chi connectivity index (χ1) is 7.51. The number of nitrogens with zero attached hydrogens (tertiary/aromatic N) is 1. The summed E-state index contributed by atoms with van der Waals surface area (Å²) in [6, 6.07) is 7.85. The molecule has 1 atom stereocenters. The van der Waals surface area contributed by atoms with E-state index in [4.69, 9.17) is 5.73 Å². The molecule has 2 amide bonds. The Morgan fingerprint density at radius 1 is 1.38 bits per heavy atom. The van der Waals surface area contributed by atoms with Crippen molar-refractivity contribution in [1.29, 1.82) is 0 Å². The zero-order valence-corrected chi connectivity index (χ0v) is 9.66. The van der Waals surface area contributed by atoms with Gasteiger partial charge in [-0.15, -0.1) is 0 Å². The van der Waals surface area contributed by atoms with Crippen molar-refractivity contribution < 1.29 is 4.79 Å². The third kappa shape index (κ3) is 1.83. The van der Waals surface area contributed by atoms with Crippen molar-refractivity contribution in [1.82, 2.24) is 10.2 Å². The summed E-state index contributed by atoms with van der Waals surface area (Å²) >= 11 is 0. The quantitative estimate of drug-likeness (QED) is 0.697. The van der Waals surface area contributed by atoms with E-state index in [0.29, 0.717) is 6.54 Å². The number of nitrogens with two attached hydrogens (primary N) is 1. The Morgan fingerprint density at radius 2 is 2.00 bits per heavy atom. The van der Waals surface area contributed by atoms with Crippen LogP contribution in [0.25, 0.3) is 0 Å². The van der Waals surface area contributed by atoms with Crippen molar-refractivity contribution in [2.75, 3.05) is 25.9 Å². The summed E-state index contributed by atoms with van der Waals surface area (Å²) in [6.07, 6.45) is 0. The van der Waals surface area contributed by atoms with Gasteiger partial charge < -0.3 is 16.0 Å². The van der Waals surface area contributed by atoms with Gasteiger partial charge in [0, 0.05) is 31.2 Å². The van der Waals surface area contributed by atoms with Crippen LogP contribution in [-0.4, -0.2) is 31.1 Å². The van der Waals surface area contributed by atoms with Crippen LogP contribution in [-0.2, 0) is 5.41 Å². The number of benzene rings is 1. The molecule has 4 heteroatoms. The molecule has 0 radical (unpaired) electrons. The van der Waals surface area contributed by atoms with E-state index in [0.717, 1.165) is 12.2 Å². The number of urea groups is 1. The largest absolute Gasteiger partial charge is 0.399 e. The summed E-state index contributed by atoms with van der Waals surface area (Å²) in [5.74, 6) is 0. The highest BCUT2D eigenvalue weighted by molar-refractivity contribution is 5.75. The molecule has 1 saturated heterocycles. The van der Waals surface area contributed by atoms with Crippen LogP contribution in [0, 0.1) is 0 Å². The predicted octanol–water partition coefficient (Wildman–Crippen LogP) is 1.18. The molecule has 0 bridgehead atoms. The lowest BCUT2D eigenvalue weighted by Crippen LogP contribution is -2.56. The SMILES string of the molecule is CN1CC(C)(c2ccc(N)cc2)CNC1=O. The van der Waals surface area contributed by atoms with Gasteiger partial charge in [-0.25, -0.2) is 4.79 Å². The standard InChI is InChI=1S/C12H17N3O/c1-12(7-14-11(16)15(2)8-12)9-3-5-10(13)6-4-9/h3-6H,7-8,13H2,1-2H3,(H,14,16). The molecule has 4 nitrogen and oxygen atoms in total. The molecule has 3 N–H and O–H groups in total. The van der Waals surface area contributed by atoms with Crippen LogP contribution >= 0.6 is 0 Å². The molecular weight excluding hydrogens is 202 g/mol. The minimum atomic E-state index is -0.0453. The maximum Gasteiger partial charge on any atom is 0.317 e. The Hall–Kier alpha value is -1.71. The Bertz CT molecular complexity index is 401. The van der Waals surface area contributed by atoms with Crippen molar-refractivity contribution >= 4 is 11.7 Å². The zero-order chi connectivity index (χ0) is 11.8. The smallest absolute Gasteiger partial charge is 0.317 e. The molecule has 0 aliphatic carbocycles. The number of hydrogen-bond donors (Lipinski definition) is 2. The molecule has 1 fully saturated rings. The third-order valence-corrected chi connectivity index (χ3v) is 3.17. The second-order valence-corrected chi connectivity index (χ2v) is 4.70. The van der Waals surface area contributed by atoms with Gasteiger partial charge in [0.15, 0.2) is 0 Å². The van der Waals surface area contributed by atoms with Crippen LogP contribution in [0.2, 0.25) is 0 Å². The van der Waals surface area contributed by atoms with Crippen molar-refractivity contribution in [3.05, 3.63) is 29.8 Å². The first-order valence-electron chi connectivity index (χ1n) is 5.36. The molecule has 1 aliphatic heterocycles. The lowest BCUT2D eigenvalue weighted by Gasteiger charge is -2.39. The molecule has 1 aliphatic rings. The molecule has 86 valence electrons. The van der Waals surface area contributed by atoms with E-state index >= 15 is 0 Å². The van der Waals surface area contributed by atoms with Gasteiger partial charge in [-0.3, -0.25) is 0 Å². The molecule has 1 aromatic rings. The topological polar surface area (TPSA) is 58.4 Å². The van der Waals surface area contributed by atoms with Gasteiger partial charge in [-0.1, -0.05) is 19.1 Å².